The van der Waals surface area contributed by atoms with Gasteiger partial charge in [-0.15, -0.1) is 0 Å². The van der Waals surface area contributed by atoms with Crippen molar-refractivity contribution in [1.82, 2.24) is 10.2 Å². The first-order valence-corrected chi connectivity index (χ1v) is 5.91. The predicted octanol–water partition coefficient (Wildman–Crippen LogP) is 2.28. The number of benzene rings is 1. The Morgan fingerprint density at radius 3 is 2.25 bits per heavy atom. The zero-order valence-electron chi connectivity index (χ0n) is 10.5. The van der Waals surface area contributed by atoms with E-state index in [1.807, 2.05) is 18.2 Å². The van der Waals surface area contributed by atoms with Crippen LogP contribution in [0.4, 0.5) is 0 Å². The van der Waals surface area contributed by atoms with E-state index in [0.29, 0.717) is 11.3 Å². The molecule has 0 radical (unpaired) electrons. The van der Waals surface area contributed by atoms with Gasteiger partial charge in [-0.1, -0.05) is 36.4 Å². The Morgan fingerprint density at radius 2 is 1.75 bits per heavy atom. The average Bonchev–Trinajstić information content (AvgIpc) is 3.03. The molecule has 2 heterocycles. The normalized spacial score (nSPS) is 9.40. The van der Waals surface area contributed by atoms with Crippen LogP contribution in [0.2, 0.25) is 0 Å². The van der Waals surface area contributed by atoms with Crippen molar-refractivity contribution in [3.05, 3.63) is 88.7 Å². The lowest BCUT2D eigenvalue weighted by atomic mass is 10.1. The van der Waals surface area contributed by atoms with Gasteiger partial charge in [-0.2, -0.15) is 5.10 Å². The third-order valence-corrected chi connectivity index (χ3v) is 2.38. The molecular weight excluding hydrogens is 256 g/mol. The van der Waals surface area contributed by atoms with Gasteiger partial charge in [0.2, 0.25) is 5.78 Å². The molecule has 0 aliphatic carbocycles. The zero-order valence-corrected chi connectivity index (χ0v) is 10.5. The third-order valence-electron chi connectivity index (χ3n) is 2.38. The average molecular weight is 268 g/mol. The highest BCUT2D eigenvalue weighted by molar-refractivity contribution is 6.07. The van der Waals surface area contributed by atoms with Gasteiger partial charge in [0.15, 0.2) is 0 Å². The highest BCUT2D eigenvalue weighted by Crippen LogP contribution is 2.05. The first-order valence-electron chi connectivity index (χ1n) is 5.91. The lowest BCUT2D eigenvalue weighted by Crippen LogP contribution is -2.00. The van der Waals surface area contributed by atoms with Crippen molar-refractivity contribution in [2.45, 2.75) is 0 Å². The van der Waals surface area contributed by atoms with E-state index in [4.69, 9.17) is 0 Å². The lowest BCUT2D eigenvalue weighted by molar-refractivity contribution is 0.103. The number of rotatable bonds is 2. The standard InChI is InChI=1S/C10H8N2O.C5H4O2/c13-10(9-6-7-11-12-9)8-4-2-1-3-5-8;6-5-3-1-2-4-7-5/h1-7H,(H,11,12);1-4H. The molecule has 0 aliphatic rings. The topological polar surface area (TPSA) is 76.0 Å². The Kier molecular flexibility index (Phi) is 4.61. The van der Waals surface area contributed by atoms with Crippen molar-refractivity contribution < 1.29 is 9.21 Å². The summed E-state index contributed by atoms with van der Waals surface area (Å²) in [5.74, 6) is -0.0538. The van der Waals surface area contributed by atoms with Crippen LogP contribution in [0, 0.1) is 0 Å². The molecule has 20 heavy (non-hydrogen) atoms. The number of hydrogen-bond donors (Lipinski definition) is 1. The Balaban J connectivity index is 0.000000178. The number of aromatic amines is 1. The monoisotopic (exact) mass is 268 g/mol. The molecule has 100 valence electrons. The SMILES string of the molecule is O=C(c1ccccc1)c1cc[nH]n1.O=c1cccco1. The number of carbonyl (C=O) groups is 1. The van der Waals surface area contributed by atoms with Crippen LogP contribution in [0.15, 0.2) is 76.3 Å². The summed E-state index contributed by atoms with van der Waals surface area (Å²) in [5.41, 5.74) is 0.809. The second kappa shape index (κ2) is 6.84. The quantitative estimate of drug-likeness (QED) is 0.723. The van der Waals surface area contributed by atoms with Crippen molar-refractivity contribution in [3.8, 4) is 0 Å². The summed E-state index contributed by atoms with van der Waals surface area (Å²) >= 11 is 0. The van der Waals surface area contributed by atoms with E-state index in [0.717, 1.165) is 0 Å². The fraction of sp³-hybridized carbons (Fsp3) is 0. The molecule has 0 amide bonds. The number of nitrogens with one attached hydrogen (secondary N) is 1. The van der Waals surface area contributed by atoms with Crippen LogP contribution < -0.4 is 5.63 Å². The second-order valence-corrected chi connectivity index (χ2v) is 3.78. The van der Waals surface area contributed by atoms with Gasteiger partial charge in [0.1, 0.15) is 5.69 Å². The van der Waals surface area contributed by atoms with Crippen molar-refractivity contribution in [2.24, 2.45) is 0 Å². The Morgan fingerprint density at radius 1 is 1.00 bits per heavy atom. The van der Waals surface area contributed by atoms with Gasteiger partial charge < -0.3 is 4.42 Å². The molecule has 3 aromatic rings. The molecule has 0 bridgehead atoms. The summed E-state index contributed by atoms with van der Waals surface area (Å²) < 4.78 is 4.37. The smallest absolute Gasteiger partial charge is 0.335 e. The van der Waals surface area contributed by atoms with Crippen LogP contribution in [0.3, 0.4) is 0 Å². The van der Waals surface area contributed by atoms with Crippen molar-refractivity contribution >= 4 is 5.78 Å². The number of H-pyrrole nitrogens is 1. The molecule has 1 aromatic carbocycles. The molecule has 0 aliphatic heterocycles. The summed E-state index contributed by atoms with van der Waals surface area (Å²) in [7, 11) is 0. The van der Waals surface area contributed by atoms with E-state index in [1.165, 1.54) is 12.3 Å². The molecule has 0 atom stereocenters. The summed E-state index contributed by atoms with van der Waals surface area (Å²) in [5, 5.41) is 6.43. The van der Waals surface area contributed by atoms with E-state index in [-0.39, 0.29) is 11.4 Å². The van der Waals surface area contributed by atoms with Crippen LogP contribution in [0.25, 0.3) is 0 Å². The molecule has 0 fully saturated rings. The minimum Gasteiger partial charge on any atom is -0.431 e. The third kappa shape index (κ3) is 3.78. The van der Waals surface area contributed by atoms with Gasteiger partial charge in [-0.25, -0.2) is 4.79 Å². The van der Waals surface area contributed by atoms with Crippen molar-refractivity contribution in [1.29, 1.82) is 0 Å². The number of hydrogen-bond acceptors (Lipinski definition) is 4. The first-order chi connectivity index (χ1) is 9.77. The molecule has 5 heteroatoms. The molecule has 5 nitrogen and oxygen atoms in total. The number of aromatic nitrogens is 2. The van der Waals surface area contributed by atoms with Gasteiger partial charge in [-0.05, 0) is 12.1 Å². The molecule has 2 aromatic heterocycles. The van der Waals surface area contributed by atoms with Gasteiger partial charge in [0, 0.05) is 17.8 Å². The Bertz CT molecular complexity index is 686. The molecule has 0 saturated carbocycles. The molecule has 3 rings (SSSR count). The largest absolute Gasteiger partial charge is 0.431 e. The minimum atomic E-state index is -0.303. The Hall–Kier alpha value is -2.95. The molecule has 0 spiro atoms. The number of carbonyl (C=O) groups excluding carboxylic acids is 1. The summed E-state index contributed by atoms with van der Waals surface area (Å²) in [6, 6.07) is 15.4. The summed E-state index contributed by atoms with van der Waals surface area (Å²) in [6.07, 6.45) is 2.98. The maximum absolute atomic E-state index is 11.6. The van der Waals surface area contributed by atoms with Gasteiger partial charge in [-0.3, -0.25) is 9.89 Å². The maximum atomic E-state index is 11.6. The van der Waals surface area contributed by atoms with E-state index in [2.05, 4.69) is 14.6 Å². The number of ketones is 1. The number of nitrogens with zero attached hydrogens (tertiary/aromatic N) is 1. The van der Waals surface area contributed by atoms with Gasteiger partial charge in [0.05, 0.1) is 6.26 Å². The van der Waals surface area contributed by atoms with Crippen LogP contribution in [0.5, 0.6) is 0 Å². The van der Waals surface area contributed by atoms with Crippen molar-refractivity contribution in [2.75, 3.05) is 0 Å². The van der Waals surface area contributed by atoms with E-state index in [1.54, 1.807) is 36.5 Å². The summed E-state index contributed by atoms with van der Waals surface area (Å²) in [4.78, 5) is 21.7. The molecule has 1 N–H and O–H groups in total. The molecular formula is C15H12N2O3. The fourth-order valence-electron chi connectivity index (χ4n) is 1.45. The molecule has 0 unspecified atom stereocenters. The van der Waals surface area contributed by atoms with Crippen LogP contribution in [-0.4, -0.2) is 16.0 Å². The van der Waals surface area contributed by atoms with Crippen molar-refractivity contribution in [3.63, 3.8) is 0 Å². The maximum Gasteiger partial charge on any atom is 0.335 e. The minimum absolute atomic E-state index is 0.0538. The van der Waals surface area contributed by atoms with E-state index >= 15 is 0 Å². The van der Waals surface area contributed by atoms with E-state index in [9.17, 15) is 9.59 Å². The van der Waals surface area contributed by atoms with Crippen LogP contribution in [-0.2, 0) is 0 Å². The fourth-order valence-corrected chi connectivity index (χ4v) is 1.45. The van der Waals surface area contributed by atoms with Crippen LogP contribution in [0.1, 0.15) is 16.1 Å². The zero-order chi connectivity index (χ0) is 14.2. The molecule has 0 saturated heterocycles. The lowest BCUT2D eigenvalue weighted by Gasteiger charge is -1.94. The van der Waals surface area contributed by atoms with Gasteiger partial charge >= 0.3 is 5.63 Å². The second-order valence-electron chi connectivity index (χ2n) is 3.78. The van der Waals surface area contributed by atoms with E-state index < -0.39 is 0 Å². The predicted molar refractivity (Wildman–Crippen MR) is 73.4 cm³/mol. The van der Waals surface area contributed by atoms with Crippen LogP contribution >= 0.6 is 0 Å². The highest BCUT2D eigenvalue weighted by atomic mass is 16.4. The summed E-state index contributed by atoms with van der Waals surface area (Å²) in [6.45, 7) is 0. The van der Waals surface area contributed by atoms with Gasteiger partial charge in [0.25, 0.3) is 0 Å². The first kappa shape index (κ1) is 13.5. The Labute approximate surface area is 114 Å². The highest BCUT2D eigenvalue weighted by Gasteiger charge is 2.09.